The van der Waals surface area contributed by atoms with Gasteiger partial charge in [0.25, 0.3) is 5.91 Å². The summed E-state index contributed by atoms with van der Waals surface area (Å²) in [5.41, 5.74) is 5.67. The molecule has 1 atom stereocenters. The van der Waals surface area contributed by atoms with Gasteiger partial charge in [-0.1, -0.05) is 11.3 Å². The van der Waals surface area contributed by atoms with Crippen LogP contribution in [0.2, 0.25) is 0 Å². The number of nitrogens with two attached hydrogens (primary N) is 1. The summed E-state index contributed by atoms with van der Waals surface area (Å²) in [6, 6.07) is 3.19. The number of carbonyl (C=O) groups is 2. The lowest BCUT2D eigenvalue weighted by Gasteiger charge is -2.27. The highest BCUT2D eigenvalue weighted by Gasteiger charge is 2.29. The SMILES string of the molecule is Nc1ccc2c(n1)N(CC(=O)Nc1nnc(C3CCCO3)s1)C(=O)CO2. The first kappa shape index (κ1) is 16.7. The van der Waals surface area contributed by atoms with Gasteiger partial charge >= 0.3 is 0 Å². The van der Waals surface area contributed by atoms with Gasteiger partial charge in [-0.15, -0.1) is 10.2 Å². The van der Waals surface area contributed by atoms with Crippen molar-refractivity contribution in [1.82, 2.24) is 15.2 Å². The second-order valence-electron chi connectivity index (χ2n) is 5.82. The van der Waals surface area contributed by atoms with Gasteiger partial charge in [-0.2, -0.15) is 0 Å². The molecule has 2 aromatic heterocycles. The Bertz CT molecular complexity index is 850. The van der Waals surface area contributed by atoms with Crippen molar-refractivity contribution in [2.24, 2.45) is 0 Å². The van der Waals surface area contributed by atoms with E-state index in [1.165, 1.54) is 16.2 Å². The Morgan fingerprint density at radius 3 is 3.12 bits per heavy atom. The molecule has 3 N–H and O–H groups in total. The van der Waals surface area contributed by atoms with Crippen LogP contribution in [-0.4, -0.2) is 46.8 Å². The van der Waals surface area contributed by atoms with Crippen molar-refractivity contribution in [2.45, 2.75) is 18.9 Å². The van der Waals surface area contributed by atoms with Crippen molar-refractivity contribution in [3.8, 4) is 5.75 Å². The van der Waals surface area contributed by atoms with E-state index in [4.69, 9.17) is 15.2 Å². The highest BCUT2D eigenvalue weighted by atomic mass is 32.1. The number of hydrogen-bond acceptors (Lipinski definition) is 9. The van der Waals surface area contributed by atoms with Crippen LogP contribution in [0, 0.1) is 0 Å². The lowest BCUT2D eigenvalue weighted by atomic mass is 10.2. The average Bonchev–Trinajstić information content (AvgIpc) is 3.29. The summed E-state index contributed by atoms with van der Waals surface area (Å²) in [5, 5.41) is 11.8. The van der Waals surface area contributed by atoms with Crippen LogP contribution < -0.4 is 20.7 Å². The van der Waals surface area contributed by atoms with E-state index in [9.17, 15) is 9.59 Å². The van der Waals surface area contributed by atoms with Crippen LogP contribution >= 0.6 is 11.3 Å². The Morgan fingerprint density at radius 1 is 1.42 bits per heavy atom. The summed E-state index contributed by atoms with van der Waals surface area (Å²) in [4.78, 5) is 29.8. The van der Waals surface area contributed by atoms with Gasteiger partial charge in [-0.05, 0) is 25.0 Å². The minimum absolute atomic E-state index is 0.0574. The van der Waals surface area contributed by atoms with Gasteiger partial charge in [0.1, 0.15) is 23.5 Å². The molecule has 1 unspecified atom stereocenters. The number of ether oxygens (including phenoxy) is 2. The van der Waals surface area contributed by atoms with E-state index in [-0.39, 0.29) is 36.8 Å². The van der Waals surface area contributed by atoms with Gasteiger partial charge in [-0.25, -0.2) is 4.98 Å². The van der Waals surface area contributed by atoms with Crippen LogP contribution in [0.5, 0.6) is 5.75 Å². The molecule has 0 aliphatic carbocycles. The predicted octanol–water partition coefficient (Wildman–Crippen LogP) is 0.731. The van der Waals surface area contributed by atoms with Crippen LogP contribution in [0.4, 0.5) is 16.8 Å². The molecule has 0 saturated carbocycles. The second kappa shape index (κ2) is 6.84. The number of carbonyl (C=O) groups excluding carboxylic acids is 2. The number of rotatable bonds is 4. The molecule has 136 valence electrons. The molecule has 2 aliphatic rings. The summed E-state index contributed by atoms with van der Waals surface area (Å²) in [6.07, 6.45) is 1.83. The van der Waals surface area contributed by atoms with Gasteiger partial charge in [0.2, 0.25) is 11.0 Å². The number of hydrogen-bond donors (Lipinski definition) is 2. The van der Waals surface area contributed by atoms with Crippen molar-refractivity contribution in [2.75, 3.05) is 35.7 Å². The van der Waals surface area contributed by atoms with Crippen LogP contribution in [0.1, 0.15) is 24.0 Å². The number of aromatic nitrogens is 3. The van der Waals surface area contributed by atoms with Gasteiger partial charge in [0.15, 0.2) is 18.2 Å². The number of nitrogen functional groups attached to an aromatic ring is 1. The summed E-state index contributed by atoms with van der Waals surface area (Å²) in [6.45, 7) is 0.328. The molecule has 2 aliphatic heterocycles. The summed E-state index contributed by atoms with van der Waals surface area (Å²) < 4.78 is 10.9. The molecular weight excluding hydrogens is 360 g/mol. The minimum Gasteiger partial charge on any atom is -0.480 e. The van der Waals surface area contributed by atoms with E-state index in [2.05, 4.69) is 20.5 Å². The number of nitrogens with zero attached hydrogens (tertiary/aromatic N) is 4. The molecule has 0 spiro atoms. The molecule has 2 aromatic rings. The fraction of sp³-hybridized carbons (Fsp3) is 0.400. The Hall–Kier alpha value is -2.79. The highest BCUT2D eigenvalue weighted by Crippen LogP contribution is 2.32. The molecule has 2 amide bonds. The van der Waals surface area contributed by atoms with Crippen molar-refractivity contribution in [3.63, 3.8) is 0 Å². The van der Waals surface area contributed by atoms with E-state index < -0.39 is 5.91 Å². The van der Waals surface area contributed by atoms with E-state index in [1.807, 2.05) is 0 Å². The molecule has 4 heterocycles. The van der Waals surface area contributed by atoms with Gasteiger partial charge in [-0.3, -0.25) is 19.8 Å². The molecule has 0 radical (unpaired) electrons. The fourth-order valence-corrected chi connectivity index (χ4v) is 3.59. The van der Waals surface area contributed by atoms with E-state index >= 15 is 0 Å². The topological polar surface area (TPSA) is 133 Å². The van der Waals surface area contributed by atoms with Crippen molar-refractivity contribution in [1.29, 1.82) is 0 Å². The Kier molecular flexibility index (Phi) is 4.39. The average molecular weight is 376 g/mol. The zero-order valence-electron chi connectivity index (χ0n) is 13.7. The standard InChI is InChI=1S/C15H16N6O4S/c16-10-4-3-8-13(17-10)21(12(23)7-25-8)6-11(22)18-15-20-19-14(26-15)9-2-1-5-24-9/h3-4,9H,1-2,5-7H2,(H2,16,17)(H,18,20,22). The van der Waals surface area contributed by atoms with Crippen LogP contribution in [0.3, 0.4) is 0 Å². The molecule has 0 aromatic carbocycles. The minimum atomic E-state index is -0.412. The number of anilines is 3. The highest BCUT2D eigenvalue weighted by molar-refractivity contribution is 7.15. The van der Waals surface area contributed by atoms with Crippen LogP contribution in [0.15, 0.2) is 12.1 Å². The van der Waals surface area contributed by atoms with Crippen molar-refractivity contribution >= 4 is 39.9 Å². The first-order valence-electron chi connectivity index (χ1n) is 8.04. The van der Waals surface area contributed by atoms with Crippen molar-refractivity contribution < 1.29 is 19.1 Å². The molecule has 11 heteroatoms. The third kappa shape index (κ3) is 3.30. The normalized spacial score (nSPS) is 19.2. The van der Waals surface area contributed by atoms with Gasteiger partial charge < -0.3 is 15.2 Å². The molecule has 1 saturated heterocycles. The molecular formula is C15H16N6O4S. The monoisotopic (exact) mass is 376 g/mol. The lowest BCUT2D eigenvalue weighted by molar-refractivity contribution is -0.123. The third-order valence-corrected chi connectivity index (χ3v) is 4.89. The lowest BCUT2D eigenvalue weighted by Crippen LogP contribution is -2.44. The Balaban J connectivity index is 1.45. The first-order valence-corrected chi connectivity index (χ1v) is 8.86. The Morgan fingerprint density at radius 2 is 2.31 bits per heavy atom. The maximum atomic E-state index is 12.4. The maximum absolute atomic E-state index is 12.4. The zero-order valence-corrected chi connectivity index (χ0v) is 14.5. The first-order chi connectivity index (χ1) is 12.6. The van der Waals surface area contributed by atoms with Gasteiger partial charge in [0, 0.05) is 6.61 Å². The maximum Gasteiger partial charge on any atom is 0.266 e. The second-order valence-corrected chi connectivity index (χ2v) is 6.83. The molecule has 10 nitrogen and oxygen atoms in total. The summed E-state index contributed by atoms with van der Waals surface area (Å²) in [5.74, 6) is 0.0863. The van der Waals surface area contributed by atoms with Crippen LogP contribution in [-0.2, 0) is 14.3 Å². The van der Waals surface area contributed by atoms with E-state index in [1.54, 1.807) is 12.1 Å². The fourth-order valence-electron chi connectivity index (χ4n) is 2.74. The molecule has 4 rings (SSSR count). The molecule has 1 fully saturated rings. The summed E-state index contributed by atoms with van der Waals surface area (Å²) in [7, 11) is 0. The van der Waals surface area contributed by atoms with E-state index in [0.29, 0.717) is 17.5 Å². The van der Waals surface area contributed by atoms with E-state index in [0.717, 1.165) is 17.8 Å². The zero-order chi connectivity index (χ0) is 18.1. The van der Waals surface area contributed by atoms with Gasteiger partial charge in [0.05, 0.1) is 0 Å². The largest absolute Gasteiger partial charge is 0.480 e. The molecule has 0 bridgehead atoms. The smallest absolute Gasteiger partial charge is 0.266 e. The number of fused-ring (bicyclic) bond motifs is 1. The predicted molar refractivity (Wildman–Crippen MR) is 93.0 cm³/mol. The number of amides is 2. The van der Waals surface area contributed by atoms with Crippen molar-refractivity contribution in [3.05, 3.63) is 17.1 Å². The third-order valence-electron chi connectivity index (χ3n) is 3.96. The van der Waals surface area contributed by atoms with Crippen LogP contribution in [0.25, 0.3) is 0 Å². The molecule has 26 heavy (non-hydrogen) atoms. The number of pyridine rings is 1. The number of nitrogens with one attached hydrogen (secondary N) is 1. The quantitative estimate of drug-likeness (QED) is 0.798. The Labute approximate surface area is 152 Å². The summed E-state index contributed by atoms with van der Waals surface area (Å²) >= 11 is 1.27.